The maximum absolute atomic E-state index is 13.1. The average Bonchev–Trinajstić information content (AvgIpc) is 3.23. The van der Waals surface area contributed by atoms with Crippen molar-refractivity contribution in [3.63, 3.8) is 0 Å². The molecule has 1 unspecified atom stereocenters. The summed E-state index contributed by atoms with van der Waals surface area (Å²) in [5, 5.41) is 0. The standard InChI is InChI=1S/C22H23F3N2O5/c1-29-17-10-15(5-6-16(17)12-30-13-22(23,24)25)20(28)27-9-7-21(18-4-2-3-8-26-18)19(11-27)31-14-32-21/h2-6,8,10,19H,7,9,11-14H2,1H3/t19?,21-/m1/s1. The molecule has 0 N–H and O–H groups in total. The van der Waals surface area contributed by atoms with E-state index in [0.717, 1.165) is 5.69 Å². The van der Waals surface area contributed by atoms with Crippen LogP contribution in [0.4, 0.5) is 13.2 Å². The van der Waals surface area contributed by atoms with Crippen LogP contribution in [0.25, 0.3) is 0 Å². The molecule has 1 aromatic heterocycles. The number of carbonyl (C=O) groups is 1. The van der Waals surface area contributed by atoms with Gasteiger partial charge in [0.05, 0.1) is 26.0 Å². The molecule has 1 amide bonds. The number of piperidine rings is 1. The monoisotopic (exact) mass is 452 g/mol. The Hall–Kier alpha value is -2.69. The highest BCUT2D eigenvalue weighted by atomic mass is 19.4. The van der Waals surface area contributed by atoms with Gasteiger partial charge in [0.15, 0.2) is 0 Å². The zero-order valence-electron chi connectivity index (χ0n) is 17.4. The molecule has 10 heteroatoms. The van der Waals surface area contributed by atoms with E-state index in [1.807, 2.05) is 18.2 Å². The zero-order valence-corrected chi connectivity index (χ0v) is 17.4. The van der Waals surface area contributed by atoms with E-state index in [0.29, 0.717) is 36.4 Å². The normalized spacial score (nSPS) is 23.1. The van der Waals surface area contributed by atoms with Crippen LogP contribution in [0.1, 0.15) is 28.0 Å². The molecule has 32 heavy (non-hydrogen) atoms. The molecule has 2 aromatic rings. The summed E-state index contributed by atoms with van der Waals surface area (Å²) in [5.41, 5.74) is 0.883. The lowest BCUT2D eigenvalue weighted by Gasteiger charge is -2.41. The average molecular weight is 452 g/mol. The van der Waals surface area contributed by atoms with Gasteiger partial charge in [-0.1, -0.05) is 12.1 Å². The molecule has 0 bridgehead atoms. The first-order chi connectivity index (χ1) is 15.3. The van der Waals surface area contributed by atoms with E-state index in [4.69, 9.17) is 18.9 Å². The summed E-state index contributed by atoms with van der Waals surface area (Å²) < 4.78 is 58.6. The smallest absolute Gasteiger partial charge is 0.411 e. The molecule has 7 nitrogen and oxygen atoms in total. The third-order valence-corrected chi connectivity index (χ3v) is 5.69. The minimum absolute atomic E-state index is 0.129. The summed E-state index contributed by atoms with van der Waals surface area (Å²) in [6.45, 7) is -0.737. The molecule has 1 aromatic carbocycles. The maximum atomic E-state index is 13.1. The van der Waals surface area contributed by atoms with E-state index in [-0.39, 0.29) is 25.4 Å². The molecule has 4 rings (SSSR count). The second-order valence-corrected chi connectivity index (χ2v) is 7.66. The highest BCUT2D eigenvalue weighted by Gasteiger charge is 2.52. The number of aromatic nitrogens is 1. The van der Waals surface area contributed by atoms with E-state index < -0.39 is 18.4 Å². The molecule has 3 heterocycles. The second-order valence-electron chi connectivity index (χ2n) is 7.66. The lowest BCUT2D eigenvalue weighted by molar-refractivity contribution is -0.176. The number of amides is 1. The van der Waals surface area contributed by atoms with Gasteiger partial charge < -0.3 is 23.8 Å². The number of hydrogen-bond donors (Lipinski definition) is 0. The van der Waals surface area contributed by atoms with Gasteiger partial charge in [-0.3, -0.25) is 9.78 Å². The molecule has 2 atom stereocenters. The third-order valence-electron chi connectivity index (χ3n) is 5.69. The van der Waals surface area contributed by atoms with Gasteiger partial charge in [-0.2, -0.15) is 13.2 Å². The van der Waals surface area contributed by atoms with Gasteiger partial charge in [0.1, 0.15) is 30.9 Å². The van der Waals surface area contributed by atoms with Crippen molar-refractivity contribution in [3.8, 4) is 5.75 Å². The number of rotatable bonds is 6. The number of pyridine rings is 1. The Labute approximate surface area is 183 Å². The van der Waals surface area contributed by atoms with Crippen LogP contribution in [-0.4, -0.2) is 61.7 Å². The van der Waals surface area contributed by atoms with Gasteiger partial charge in [-0.15, -0.1) is 0 Å². The molecule has 172 valence electrons. The topological polar surface area (TPSA) is 70.1 Å². The molecule has 0 saturated carbocycles. The fraction of sp³-hybridized carbons (Fsp3) is 0.455. The van der Waals surface area contributed by atoms with Crippen LogP contribution in [0.5, 0.6) is 5.75 Å². The Morgan fingerprint density at radius 2 is 2.16 bits per heavy atom. The Bertz CT molecular complexity index is 956. The predicted molar refractivity (Wildman–Crippen MR) is 106 cm³/mol. The number of likely N-dealkylation sites (tertiary alicyclic amines) is 1. The number of alkyl halides is 3. The van der Waals surface area contributed by atoms with Gasteiger partial charge in [0.2, 0.25) is 0 Å². The Morgan fingerprint density at radius 1 is 1.31 bits per heavy atom. The SMILES string of the molecule is COc1cc(C(=O)N2CC[C@]3(c4ccccn4)OCOC3C2)ccc1COCC(F)(F)F. The Kier molecular flexibility index (Phi) is 6.36. The number of ether oxygens (including phenoxy) is 4. The van der Waals surface area contributed by atoms with Crippen molar-refractivity contribution >= 4 is 5.91 Å². The first-order valence-electron chi connectivity index (χ1n) is 10.1. The fourth-order valence-electron chi connectivity index (χ4n) is 4.10. The van der Waals surface area contributed by atoms with Crippen LogP contribution in [0.3, 0.4) is 0 Å². The number of methoxy groups -OCH3 is 1. The van der Waals surface area contributed by atoms with E-state index in [9.17, 15) is 18.0 Å². The maximum Gasteiger partial charge on any atom is 0.411 e. The van der Waals surface area contributed by atoms with E-state index in [2.05, 4.69) is 4.98 Å². The van der Waals surface area contributed by atoms with Crippen LogP contribution < -0.4 is 4.74 Å². The number of carbonyl (C=O) groups excluding carboxylic acids is 1. The van der Waals surface area contributed by atoms with Crippen molar-refractivity contribution in [2.45, 2.75) is 30.9 Å². The van der Waals surface area contributed by atoms with Crippen molar-refractivity contribution in [2.75, 3.05) is 33.6 Å². The summed E-state index contributed by atoms with van der Waals surface area (Å²) in [7, 11) is 1.39. The molecule has 2 fully saturated rings. The number of fused-ring (bicyclic) bond motifs is 1. The fourth-order valence-corrected chi connectivity index (χ4v) is 4.10. The molecule has 2 aliphatic rings. The zero-order chi connectivity index (χ0) is 22.8. The summed E-state index contributed by atoms with van der Waals surface area (Å²) in [6, 6.07) is 10.2. The van der Waals surface area contributed by atoms with Crippen molar-refractivity contribution in [2.24, 2.45) is 0 Å². The lowest BCUT2D eigenvalue weighted by atomic mass is 9.85. The number of hydrogen-bond acceptors (Lipinski definition) is 6. The predicted octanol–water partition coefficient (Wildman–Crippen LogP) is 3.28. The number of halogens is 3. The molecule has 0 radical (unpaired) electrons. The quantitative estimate of drug-likeness (QED) is 0.670. The minimum Gasteiger partial charge on any atom is -0.496 e. The summed E-state index contributed by atoms with van der Waals surface area (Å²) >= 11 is 0. The molecule has 0 spiro atoms. The van der Waals surface area contributed by atoms with E-state index in [1.54, 1.807) is 23.2 Å². The molecular formula is C22H23F3N2O5. The van der Waals surface area contributed by atoms with Gasteiger partial charge in [-0.05, 0) is 24.3 Å². The Balaban J connectivity index is 1.46. The van der Waals surface area contributed by atoms with Crippen molar-refractivity contribution in [3.05, 3.63) is 59.4 Å². The van der Waals surface area contributed by atoms with Crippen molar-refractivity contribution < 1.29 is 36.9 Å². The molecular weight excluding hydrogens is 429 g/mol. The van der Waals surface area contributed by atoms with Crippen LogP contribution in [-0.2, 0) is 26.4 Å². The van der Waals surface area contributed by atoms with Crippen molar-refractivity contribution in [1.82, 2.24) is 9.88 Å². The summed E-state index contributed by atoms with van der Waals surface area (Å²) in [4.78, 5) is 19.2. The first-order valence-corrected chi connectivity index (χ1v) is 10.1. The van der Waals surface area contributed by atoms with E-state index in [1.165, 1.54) is 13.2 Å². The summed E-state index contributed by atoms with van der Waals surface area (Å²) in [6.07, 6.45) is -2.53. The Morgan fingerprint density at radius 3 is 2.88 bits per heavy atom. The van der Waals surface area contributed by atoms with Gasteiger partial charge in [0, 0.05) is 30.3 Å². The second kappa shape index (κ2) is 9.05. The van der Waals surface area contributed by atoms with Gasteiger partial charge >= 0.3 is 6.18 Å². The largest absolute Gasteiger partial charge is 0.496 e. The van der Waals surface area contributed by atoms with Crippen LogP contribution in [0.15, 0.2) is 42.6 Å². The highest BCUT2D eigenvalue weighted by Crippen LogP contribution is 2.41. The number of benzene rings is 1. The minimum atomic E-state index is -4.41. The lowest BCUT2D eigenvalue weighted by Crippen LogP contribution is -2.53. The van der Waals surface area contributed by atoms with Crippen LogP contribution in [0.2, 0.25) is 0 Å². The molecule has 0 aliphatic carbocycles. The van der Waals surface area contributed by atoms with E-state index >= 15 is 0 Å². The van der Waals surface area contributed by atoms with Gasteiger partial charge in [0.25, 0.3) is 5.91 Å². The number of nitrogens with zero attached hydrogens (tertiary/aromatic N) is 2. The van der Waals surface area contributed by atoms with Crippen LogP contribution >= 0.6 is 0 Å². The van der Waals surface area contributed by atoms with Crippen molar-refractivity contribution in [1.29, 1.82) is 0 Å². The summed E-state index contributed by atoms with van der Waals surface area (Å²) in [5.74, 6) is 0.0643. The van der Waals surface area contributed by atoms with Crippen LogP contribution in [0, 0.1) is 0 Å². The first kappa shape index (κ1) is 22.5. The van der Waals surface area contributed by atoms with Gasteiger partial charge in [-0.25, -0.2) is 0 Å². The molecule has 2 aliphatic heterocycles. The molecule has 2 saturated heterocycles. The highest BCUT2D eigenvalue weighted by molar-refractivity contribution is 5.95. The third kappa shape index (κ3) is 4.57.